The Morgan fingerprint density at radius 2 is 2.10 bits per heavy atom. The molecule has 0 aliphatic rings. The van der Waals surface area contributed by atoms with Crippen LogP contribution in [0.3, 0.4) is 0 Å². The molecule has 0 saturated heterocycles. The number of rotatable bonds is 4. The highest BCUT2D eigenvalue weighted by Crippen LogP contribution is 2.26. The molecule has 0 saturated carbocycles. The molecule has 108 valence electrons. The van der Waals surface area contributed by atoms with E-state index in [-0.39, 0.29) is 4.90 Å². The monoisotopic (exact) mass is 357 g/mol. The molecule has 1 aromatic heterocycles. The van der Waals surface area contributed by atoms with Crippen molar-refractivity contribution >= 4 is 31.6 Å². The zero-order valence-electron chi connectivity index (χ0n) is 11.5. The lowest BCUT2D eigenvalue weighted by Crippen LogP contribution is -2.14. The highest BCUT2D eigenvalue weighted by atomic mass is 79.9. The van der Waals surface area contributed by atoms with Gasteiger partial charge in [0.1, 0.15) is 4.90 Å². The van der Waals surface area contributed by atoms with Crippen molar-refractivity contribution in [3.63, 3.8) is 0 Å². The van der Waals surface area contributed by atoms with Crippen LogP contribution in [-0.2, 0) is 23.5 Å². The van der Waals surface area contributed by atoms with Crippen LogP contribution in [0.2, 0.25) is 0 Å². The van der Waals surface area contributed by atoms with Crippen LogP contribution in [0.25, 0.3) is 0 Å². The summed E-state index contributed by atoms with van der Waals surface area (Å²) in [5, 5.41) is 4.22. The van der Waals surface area contributed by atoms with Crippen LogP contribution >= 0.6 is 15.9 Å². The van der Waals surface area contributed by atoms with Gasteiger partial charge in [-0.2, -0.15) is 5.10 Å². The van der Waals surface area contributed by atoms with Crippen LogP contribution in [0.1, 0.15) is 18.2 Å². The molecule has 0 bridgehead atoms. The first kappa shape index (κ1) is 15.1. The highest BCUT2D eigenvalue weighted by Gasteiger charge is 2.20. The molecule has 2 rings (SSSR count). The molecular formula is C13H16BrN3O2S. The molecule has 0 spiro atoms. The van der Waals surface area contributed by atoms with Crippen LogP contribution in [0.4, 0.5) is 5.69 Å². The Hall–Kier alpha value is -1.34. The van der Waals surface area contributed by atoms with Gasteiger partial charge in [0.25, 0.3) is 10.0 Å². The molecule has 1 N–H and O–H groups in total. The first-order valence-corrected chi connectivity index (χ1v) is 8.42. The number of hydrogen-bond acceptors (Lipinski definition) is 3. The molecular weight excluding hydrogens is 342 g/mol. The average molecular weight is 358 g/mol. The summed E-state index contributed by atoms with van der Waals surface area (Å²) in [4.78, 5) is 0.217. The van der Waals surface area contributed by atoms with Crippen molar-refractivity contribution in [2.45, 2.75) is 25.2 Å². The van der Waals surface area contributed by atoms with E-state index in [2.05, 4.69) is 25.8 Å². The molecule has 1 aromatic carbocycles. The largest absolute Gasteiger partial charge is 0.276 e. The number of aromatic nitrogens is 2. The van der Waals surface area contributed by atoms with Gasteiger partial charge in [0, 0.05) is 17.7 Å². The van der Waals surface area contributed by atoms with Crippen LogP contribution < -0.4 is 4.72 Å². The number of aryl methyl sites for hydroxylation is 3. The second kappa shape index (κ2) is 5.57. The summed E-state index contributed by atoms with van der Waals surface area (Å²) >= 11 is 3.30. The summed E-state index contributed by atoms with van der Waals surface area (Å²) < 4.78 is 29.6. The zero-order chi connectivity index (χ0) is 14.9. The number of nitrogens with zero attached hydrogens (tertiary/aromatic N) is 2. The number of anilines is 1. The van der Waals surface area contributed by atoms with Gasteiger partial charge < -0.3 is 0 Å². The second-order valence-electron chi connectivity index (χ2n) is 4.56. The van der Waals surface area contributed by atoms with Crippen molar-refractivity contribution in [2.75, 3.05) is 4.72 Å². The van der Waals surface area contributed by atoms with Gasteiger partial charge in [0.2, 0.25) is 0 Å². The maximum absolute atomic E-state index is 12.4. The number of hydrogen-bond donors (Lipinski definition) is 1. The van der Waals surface area contributed by atoms with E-state index in [1.165, 1.54) is 0 Å². The summed E-state index contributed by atoms with van der Waals surface area (Å²) in [6, 6.07) is 5.13. The van der Waals surface area contributed by atoms with E-state index in [4.69, 9.17) is 0 Å². The molecule has 1 heterocycles. The molecule has 0 radical (unpaired) electrons. The SMILES string of the molecule is CCc1nn(C)cc1NS(=O)(=O)c1ccc(C)cc1Br. The number of sulfonamides is 1. The molecule has 2 aromatic rings. The van der Waals surface area contributed by atoms with Gasteiger partial charge in [-0.25, -0.2) is 8.42 Å². The minimum atomic E-state index is -3.63. The summed E-state index contributed by atoms with van der Waals surface area (Å²) in [7, 11) is -1.87. The lowest BCUT2D eigenvalue weighted by Gasteiger charge is -2.09. The lowest BCUT2D eigenvalue weighted by molar-refractivity contribution is 0.600. The van der Waals surface area contributed by atoms with Gasteiger partial charge in [0.15, 0.2) is 0 Å². The Bertz CT molecular complexity index is 738. The van der Waals surface area contributed by atoms with Gasteiger partial charge in [-0.05, 0) is 47.0 Å². The van der Waals surface area contributed by atoms with E-state index in [1.54, 1.807) is 36.1 Å². The van der Waals surface area contributed by atoms with Crippen molar-refractivity contribution in [2.24, 2.45) is 7.05 Å². The molecule has 0 unspecified atom stereocenters. The van der Waals surface area contributed by atoms with Crippen LogP contribution in [-0.4, -0.2) is 18.2 Å². The average Bonchev–Trinajstić information content (AvgIpc) is 2.67. The molecule has 7 heteroatoms. The Balaban J connectivity index is 2.40. The van der Waals surface area contributed by atoms with Gasteiger partial charge >= 0.3 is 0 Å². The molecule has 0 aliphatic carbocycles. The lowest BCUT2D eigenvalue weighted by atomic mass is 10.2. The molecule has 0 aliphatic heterocycles. The number of nitrogens with one attached hydrogen (secondary N) is 1. The normalized spacial score (nSPS) is 11.6. The third kappa shape index (κ3) is 3.04. The minimum Gasteiger partial charge on any atom is -0.276 e. The van der Waals surface area contributed by atoms with Gasteiger partial charge in [-0.3, -0.25) is 9.40 Å². The summed E-state index contributed by atoms with van der Waals surface area (Å²) in [6.45, 7) is 3.84. The fourth-order valence-electron chi connectivity index (χ4n) is 1.90. The van der Waals surface area contributed by atoms with Crippen LogP contribution in [0.15, 0.2) is 33.8 Å². The van der Waals surface area contributed by atoms with E-state index >= 15 is 0 Å². The predicted octanol–water partition coefficient (Wildman–Crippen LogP) is 2.85. The first-order chi connectivity index (χ1) is 9.33. The van der Waals surface area contributed by atoms with E-state index in [9.17, 15) is 8.42 Å². The Morgan fingerprint density at radius 1 is 1.40 bits per heavy atom. The van der Waals surface area contributed by atoms with Crippen molar-refractivity contribution in [3.8, 4) is 0 Å². The summed E-state index contributed by atoms with van der Waals surface area (Å²) in [6.07, 6.45) is 2.33. The number of halogens is 1. The smallest absolute Gasteiger partial charge is 0.263 e. The van der Waals surface area contributed by atoms with Crippen LogP contribution in [0.5, 0.6) is 0 Å². The van der Waals surface area contributed by atoms with E-state index in [0.717, 1.165) is 11.3 Å². The third-order valence-corrected chi connectivity index (χ3v) is 5.20. The van der Waals surface area contributed by atoms with Crippen LogP contribution in [0, 0.1) is 6.92 Å². The molecule has 5 nitrogen and oxygen atoms in total. The van der Waals surface area contributed by atoms with E-state index < -0.39 is 10.0 Å². The highest BCUT2D eigenvalue weighted by molar-refractivity contribution is 9.10. The molecule has 0 amide bonds. The van der Waals surface area contributed by atoms with E-state index in [1.807, 2.05) is 13.8 Å². The maximum atomic E-state index is 12.4. The van der Waals surface area contributed by atoms with Crippen molar-refractivity contribution in [3.05, 3.63) is 40.1 Å². The van der Waals surface area contributed by atoms with Gasteiger partial charge in [0.05, 0.1) is 11.4 Å². The fraction of sp³-hybridized carbons (Fsp3) is 0.308. The minimum absolute atomic E-state index is 0.217. The van der Waals surface area contributed by atoms with Crippen molar-refractivity contribution < 1.29 is 8.42 Å². The Morgan fingerprint density at radius 3 is 2.70 bits per heavy atom. The Labute approximate surface area is 127 Å². The fourth-order valence-corrected chi connectivity index (χ4v) is 4.17. The predicted molar refractivity (Wildman–Crippen MR) is 82.3 cm³/mol. The van der Waals surface area contributed by atoms with Gasteiger partial charge in [-0.1, -0.05) is 13.0 Å². The summed E-state index contributed by atoms with van der Waals surface area (Å²) in [5.41, 5.74) is 2.23. The molecule has 20 heavy (non-hydrogen) atoms. The van der Waals surface area contributed by atoms with Crippen molar-refractivity contribution in [1.82, 2.24) is 9.78 Å². The molecule has 0 atom stereocenters. The first-order valence-electron chi connectivity index (χ1n) is 6.15. The quantitative estimate of drug-likeness (QED) is 0.914. The number of benzene rings is 1. The zero-order valence-corrected chi connectivity index (χ0v) is 13.9. The Kier molecular flexibility index (Phi) is 4.19. The third-order valence-electron chi connectivity index (χ3n) is 2.86. The van der Waals surface area contributed by atoms with Crippen molar-refractivity contribution in [1.29, 1.82) is 0 Å². The second-order valence-corrected chi connectivity index (χ2v) is 7.06. The van der Waals surface area contributed by atoms with Gasteiger partial charge in [-0.15, -0.1) is 0 Å². The topological polar surface area (TPSA) is 64.0 Å². The maximum Gasteiger partial charge on any atom is 0.263 e. The summed E-state index contributed by atoms with van der Waals surface area (Å²) in [5.74, 6) is 0. The molecule has 0 fully saturated rings. The standard InChI is InChI=1S/C13H16BrN3O2S/c1-4-11-12(8-17(3)15-11)16-20(18,19)13-6-5-9(2)7-10(13)14/h5-8,16H,4H2,1-3H3. The van der Waals surface area contributed by atoms with E-state index in [0.29, 0.717) is 16.6 Å².